The molecule has 3 heterocycles. The van der Waals surface area contributed by atoms with Crippen molar-refractivity contribution < 1.29 is 14.6 Å². The van der Waals surface area contributed by atoms with Gasteiger partial charge in [-0.1, -0.05) is 35.9 Å². The number of carbonyl (C=O) groups excluding carboxylic acids is 1. The summed E-state index contributed by atoms with van der Waals surface area (Å²) in [5.74, 6) is 0.645. The summed E-state index contributed by atoms with van der Waals surface area (Å²) in [6, 6.07) is 16.3. The van der Waals surface area contributed by atoms with Crippen molar-refractivity contribution in [2.24, 2.45) is 0 Å². The highest BCUT2D eigenvalue weighted by molar-refractivity contribution is 7.92. The van der Waals surface area contributed by atoms with Gasteiger partial charge in [0, 0.05) is 45.3 Å². The fourth-order valence-electron chi connectivity index (χ4n) is 4.70. The molecule has 8 nitrogen and oxygen atoms in total. The van der Waals surface area contributed by atoms with Crippen LogP contribution in [-0.2, 0) is 21.4 Å². The number of sulfonamides is 1. The maximum Gasteiger partial charge on any atom is 0.263 e. The van der Waals surface area contributed by atoms with E-state index in [0.717, 1.165) is 29.3 Å². The third-order valence-electron chi connectivity index (χ3n) is 6.64. The second-order valence-electron chi connectivity index (χ2n) is 8.86. The number of anilines is 1. The van der Waals surface area contributed by atoms with Gasteiger partial charge in [0.15, 0.2) is 0 Å². The van der Waals surface area contributed by atoms with Gasteiger partial charge in [0.2, 0.25) is 5.91 Å². The summed E-state index contributed by atoms with van der Waals surface area (Å²) in [4.78, 5) is 22.7. The molecule has 0 saturated carbocycles. The Kier molecular flexibility index (Phi) is 6.93. The zero-order valence-corrected chi connectivity index (χ0v) is 21.1. The van der Waals surface area contributed by atoms with Crippen molar-refractivity contribution in [3.63, 3.8) is 0 Å². The maximum atomic E-state index is 12.9. The summed E-state index contributed by atoms with van der Waals surface area (Å²) >= 11 is 6.35. The van der Waals surface area contributed by atoms with Crippen molar-refractivity contribution in [3.8, 4) is 0 Å². The van der Waals surface area contributed by atoms with E-state index in [4.69, 9.17) is 11.6 Å². The van der Waals surface area contributed by atoms with E-state index in [2.05, 4.69) is 14.7 Å². The predicted octanol–water partition coefficient (Wildman–Crippen LogP) is 4.93. The molecular weight excluding hydrogens is 498 g/mol. The van der Waals surface area contributed by atoms with Crippen LogP contribution in [0, 0.1) is 0 Å². The van der Waals surface area contributed by atoms with Gasteiger partial charge in [-0.15, -0.1) is 0 Å². The van der Waals surface area contributed by atoms with Crippen molar-refractivity contribution in [2.45, 2.75) is 36.6 Å². The van der Waals surface area contributed by atoms with Crippen LogP contribution in [0.15, 0.2) is 78.2 Å². The number of aromatic nitrogens is 3. The Balaban J connectivity index is 0.00000320. The lowest BCUT2D eigenvalue weighted by Crippen LogP contribution is -2.38. The molecule has 1 fully saturated rings. The van der Waals surface area contributed by atoms with Crippen LogP contribution in [0.1, 0.15) is 32.2 Å². The highest BCUT2D eigenvalue weighted by atomic mass is 35.5. The zero-order chi connectivity index (χ0) is 25.1. The van der Waals surface area contributed by atoms with Gasteiger partial charge < -0.3 is 9.47 Å². The summed E-state index contributed by atoms with van der Waals surface area (Å²) in [6.07, 6.45) is 6.85. The van der Waals surface area contributed by atoms with Crippen molar-refractivity contribution in [2.75, 3.05) is 17.8 Å². The molecule has 5 rings (SSSR count). The van der Waals surface area contributed by atoms with Gasteiger partial charge in [-0.2, -0.15) is 0 Å². The number of para-hydroxylation sites is 1. The number of piperidine rings is 1. The number of aryl methyl sites for hydroxylation is 1. The van der Waals surface area contributed by atoms with Crippen LogP contribution >= 0.6 is 11.6 Å². The first kappa shape index (κ1) is 24.3. The Hall–Kier alpha value is -3.43. The summed E-state index contributed by atoms with van der Waals surface area (Å²) < 4.78 is 29.7. The summed E-state index contributed by atoms with van der Waals surface area (Å²) in [5.41, 5.74) is 2.04. The third kappa shape index (κ3) is 5.22. The second-order valence-corrected chi connectivity index (χ2v) is 11.0. The van der Waals surface area contributed by atoms with E-state index in [9.17, 15) is 13.2 Å². The van der Waals surface area contributed by atoms with Crippen LogP contribution in [0.4, 0.5) is 5.82 Å². The molecule has 0 bridgehead atoms. The van der Waals surface area contributed by atoms with Gasteiger partial charge in [0.05, 0.1) is 15.4 Å². The first-order chi connectivity index (χ1) is 17.4. The fourth-order valence-corrected chi connectivity index (χ4v) is 6.00. The van der Waals surface area contributed by atoms with E-state index >= 15 is 0 Å². The number of carbonyl (C=O) groups is 1. The van der Waals surface area contributed by atoms with Gasteiger partial charge >= 0.3 is 0 Å². The second kappa shape index (κ2) is 10.3. The van der Waals surface area contributed by atoms with Crippen LogP contribution in [0.25, 0.3) is 10.9 Å². The smallest absolute Gasteiger partial charge is 0.263 e. The lowest BCUT2D eigenvalue weighted by atomic mass is 9.89. The molecule has 36 heavy (non-hydrogen) atoms. The minimum Gasteiger partial charge on any atom is -0.346 e. The van der Waals surface area contributed by atoms with Crippen LogP contribution in [-0.4, -0.2) is 46.8 Å². The van der Waals surface area contributed by atoms with E-state index < -0.39 is 10.0 Å². The number of nitrogens with one attached hydrogen (secondary N) is 1. The number of halogens is 1. The van der Waals surface area contributed by atoms with Gasteiger partial charge in [0.1, 0.15) is 12.1 Å². The molecular formula is C26H28ClN5O3S. The van der Waals surface area contributed by atoms with Gasteiger partial charge in [0.25, 0.3) is 10.0 Å². The van der Waals surface area contributed by atoms with E-state index in [1.807, 2.05) is 52.1 Å². The molecule has 10 heteroatoms. The molecule has 0 spiro atoms. The lowest BCUT2D eigenvalue weighted by molar-refractivity contribution is -0.132. The SMILES string of the molecule is O=C(CCn1ccc2cccc(Cl)c21)N1CCC(c2ccc(S(=O)(=O)Nc3ccncn3)cc2)CC1.[HH]. The monoisotopic (exact) mass is 525 g/mol. The van der Waals surface area contributed by atoms with Crippen molar-refractivity contribution in [1.29, 1.82) is 0 Å². The van der Waals surface area contributed by atoms with E-state index in [-0.39, 0.29) is 24.0 Å². The van der Waals surface area contributed by atoms with Crippen LogP contribution in [0.2, 0.25) is 5.02 Å². The minimum atomic E-state index is -3.73. The number of amides is 1. The Bertz CT molecular complexity index is 1470. The number of likely N-dealkylation sites (tertiary alicyclic amines) is 1. The zero-order valence-electron chi connectivity index (χ0n) is 19.5. The molecule has 188 valence electrons. The summed E-state index contributed by atoms with van der Waals surface area (Å²) in [5, 5.41) is 1.76. The average molecular weight is 526 g/mol. The van der Waals surface area contributed by atoms with Crippen LogP contribution in [0.3, 0.4) is 0 Å². The lowest BCUT2D eigenvalue weighted by Gasteiger charge is -2.32. The third-order valence-corrected chi connectivity index (χ3v) is 8.31. The van der Waals surface area contributed by atoms with Crippen LogP contribution < -0.4 is 4.72 Å². The molecule has 0 radical (unpaired) electrons. The van der Waals surface area contributed by atoms with Crippen molar-refractivity contribution in [1.82, 2.24) is 19.4 Å². The van der Waals surface area contributed by atoms with Crippen molar-refractivity contribution >= 4 is 44.3 Å². The number of rotatable bonds is 7. The largest absolute Gasteiger partial charge is 0.346 e. The summed E-state index contributed by atoms with van der Waals surface area (Å²) in [6.45, 7) is 1.96. The Morgan fingerprint density at radius 3 is 2.58 bits per heavy atom. The van der Waals surface area contributed by atoms with Gasteiger partial charge in [-0.3, -0.25) is 9.52 Å². The van der Waals surface area contributed by atoms with Gasteiger partial charge in [-0.05, 0) is 54.7 Å². The highest BCUT2D eigenvalue weighted by Gasteiger charge is 2.24. The molecule has 1 N–H and O–H groups in total. The molecule has 0 unspecified atom stereocenters. The standard InChI is InChI=1S/C26H26ClN5O3S.H2/c27-23-3-1-2-21-11-16-32(26(21)23)17-12-25(33)31-14-9-20(10-15-31)19-4-6-22(7-5-19)36(34,35)30-24-8-13-28-18-29-24;/h1-8,11,13,16,18,20H,9-10,12,14-15,17H2,(H,28,29,30);1H. The van der Waals surface area contributed by atoms with Crippen molar-refractivity contribution in [3.05, 3.63) is 83.9 Å². The molecule has 2 aromatic heterocycles. The molecule has 1 saturated heterocycles. The molecule has 2 aromatic carbocycles. The number of fused-ring (bicyclic) bond motifs is 1. The van der Waals surface area contributed by atoms with Crippen LogP contribution in [0.5, 0.6) is 0 Å². The quantitative estimate of drug-likeness (QED) is 0.369. The molecule has 0 atom stereocenters. The number of hydrogen-bond acceptors (Lipinski definition) is 5. The summed E-state index contributed by atoms with van der Waals surface area (Å²) in [7, 11) is -3.73. The Morgan fingerprint density at radius 2 is 1.86 bits per heavy atom. The molecule has 1 amide bonds. The first-order valence-corrected chi connectivity index (χ1v) is 13.7. The Labute approximate surface area is 216 Å². The maximum absolute atomic E-state index is 12.9. The van der Waals surface area contributed by atoms with E-state index in [1.54, 1.807) is 12.1 Å². The topological polar surface area (TPSA) is 97.2 Å². The molecule has 1 aliphatic heterocycles. The fraction of sp³-hybridized carbons (Fsp3) is 0.269. The molecule has 4 aromatic rings. The van der Waals surface area contributed by atoms with E-state index in [0.29, 0.717) is 31.1 Å². The number of benzene rings is 2. The molecule has 0 aliphatic carbocycles. The minimum absolute atomic E-state index is 0. The predicted molar refractivity (Wildman–Crippen MR) is 142 cm³/mol. The average Bonchev–Trinajstić information content (AvgIpc) is 3.32. The number of nitrogens with zero attached hydrogens (tertiary/aromatic N) is 4. The normalized spacial score (nSPS) is 14.8. The highest BCUT2D eigenvalue weighted by Crippen LogP contribution is 2.30. The van der Waals surface area contributed by atoms with Gasteiger partial charge in [-0.25, -0.2) is 18.4 Å². The first-order valence-electron chi connectivity index (χ1n) is 11.8. The number of hydrogen-bond donors (Lipinski definition) is 1. The Morgan fingerprint density at radius 1 is 1.08 bits per heavy atom. The molecule has 1 aliphatic rings. The van der Waals surface area contributed by atoms with E-state index in [1.165, 1.54) is 18.6 Å².